The van der Waals surface area contributed by atoms with Crippen LogP contribution in [-0.2, 0) is 9.47 Å². The predicted molar refractivity (Wildman–Crippen MR) is 187 cm³/mol. The zero-order valence-electron chi connectivity index (χ0n) is 30.2. The van der Waals surface area contributed by atoms with E-state index in [-0.39, 0.29) is 35.0 Å². The summed E-state index contributed by atoms with van der Waals surface area (Å²) in [5.74, 6) is -0.762. The topological polar surface area (TPSA) is 52.6 Å². The van der Waals surface area contributed by atoms with E-state index in [1.54, 1.807) is 12.1 Å². The van der Waals surface area contributed by atoms with E-state index < -0.39 is 0 Å². The van der Waals surface area contributed by atoms with Crippen LogP contribution in [-0.4, -0.2) is 24.1 Å². The first-order valence-electron chi connectivity index (χ1n) is 18.8. The second kappa shape index (κ2) is 22.6. The first-order valence-corrected chi connectivity index (χ1v) is 18.8. The third kappa shape index (κ3) is 12.2. The molecule has 2 unspecified atom stereocenters. The average molecular weight is 615 g/mol. The normalized spacial score (nSPS) is 13.5. The van der Waals surface area contributed by atoms with Crippen LogP contribution in [0.3, 0.4) is 0 Å². The number of carbonyl (C=O) groups is 2. The minimum absolute atomic E-state index is 0.0309. The van der Waals surface area contributed by atoms with Crippen LogP contribution in [0.4, 0.5) is 0 Å². The summed E-state index contributed by atoms with van der Waals surface area (Å²) in [5.41, 5.74) is 0.620. The van der Waals surface area contributed by atoms with Gasteiger partial charge >= 0.3 is 11.9 Å². The van der Waals surface area contributed by atoms with Crippen molar-refractivity contribution in [3.8, 4) is 0 Å². The van der Waals surface area contributed by atoms with E-state index in [1.165, 1.54) is 0 Å². The van der Waals surface area contributed by atoms with Crippen LogP contribution >= 0.6 is 0 Å². The Morgan fingerprint density at radius 1 is 0.523 bits per heavy atom. The van der Waals surface area contributed by atoms with E-state index in [2.05, 4.69) is 55.4 Å². The Morgan fingerprint density at radius 2 is 0.818 bits per heavy atom. The SMILES string of the molecule is CCCCC(OC(=O)c1ccccc1C(=O)OC(CCCC)C(CC)(CCCC)CCCC)C(CC)(CCCC)CCCC. The molecular formula is C40H70O4. The van der Waals surface area contributed by atoms with Crippen molar-refractivity contribution < 1.29 is 19.1 Å². The number of hydrogen-bond donors (Lipinski definition) is 0. The summed E-state index contributed by atoms with van der Waals surface area (Å²) in [7, 11) is 0. The number of hydrogen-bond acceptors (Lipinski definition) is 4. The fourth-order valence-electron chi connectivity index (χ4n) is 7.16. The summed E-state index contributed by atoms with van der Waals surface area (Å²) < 4.78 is 13.0. The number of benzene rings is 1. The van der Waals surface area contributed by atoms with Gasteiger partial charge in [-0.15, -0.1) is 0 Å². The molecule has 4 heteroatoms. The molecular weight excluding hydrogens is 544 g/mol. The molecule has 0 radical (unpaired) electrons. The van der Waals surface area contributed by atoms with Crippen molar-refractivity contribution in [1.29, 1.82) is 0 Å². The molecule has 0 spiro atoms. The van der Waals surface area contributed by atoms with Gasteiger partial charge in [0.2, 0.25) is 0 Å². The zero-order valence-corrected chi connectivity index (χ0v) is 30.2. The fourth-order valence-corrected chi connectivity index (χ4v) is 7.16. The van der Waals surface area contributed by atoms with E-state index in [9.17, 15) is 9.59 Å². The largest absolute Gasteiger partial charge is 0.458 e. The van der Waals surface area contributed by atoms with Crippen LogP contribution in [0.2, 0.25) is 0 Å². The molecule has 0 aromatic heterocycles. The lowest BCUT2D eigenvalue weighted by atomic mass is 9.70. The summed E-state index contributed by atoms with van der Waals surface area (Å²) in [6, 6.07) is 7.18. The quantitative estimate of drug-likeness (QED) is 0.0974. The first kappa shape index (κ1) is 40.2. The van der Waals surface area contributed by atoms with Crippen LogP contribution < -0.4 is 0 Å². The molecule has 0 aliphatic heterocycles. The summed E-state index contributed by atoms with van der Waals surface area (Å²) in [4.78, 5) is 28.0. The average Bonchev–Trinajstić information content (AvgIpc) is 3.05. The minimum Gasteiger partial charge on any atom is -0.458 e. The second-order valence-electron chi connectivity index (χ2n) is 13.5. The molecule has 0 saturated heterocycles. The maximum absolute atomic E-state index is 14.0. The lowest BCUT2D eigenvalue weighted by Crippen LogP contribution is -2.40. The molecule has 0 heterocycles. The van der Waals surface area contributed by atoms with E-state index in [0.29, 0.717) is 11.1 Å². The Labute approximate surface area is 272 Å². The maximum Gasteiger partial charge on any atom is 0.339 e. The molecule has 1 aromatic rings. The first-order chi connectivity index (χ1) is 21.3. The van der Waals surface area contributed by atoms with Crippen molar-refractivity contribution in [2.24, 2.45) is 10.8 Å². The van der Waals surface area contributed by atoms with Crippen molar-refractivity contribution in [3.05, 3.63) is 35.4 Å². The molecule has 0 amide bonds. The highest BCUT2D eigenvalue weighted by atomic mass is 16.6. The summed E-state index contributed by atoms with van der Waals surface area (Å²) in [5, 5.41) is 0. The van der Waals surface area contributed by atoms with Crippen molar-refractivity contribution in [2.45, 2.75) is 196 Å². The predicted octanol–water partition coefficient (Wildman–Crippen LogP) is 12.7. The molecule has 1 rings (SSSR count). The number of carbonyl (C=O) groups excluding carboxylic acids is 2. The maximum atomic E-state index is 14.0. The third-order valence-corrected chi connectivity index (χ3v) is 10.4. The third-order valence-electron chi connectivity index (χ3n) is 10.4. The summed E-state index contributed by atoms with van der Waals surface area (Å²) >= 11 is 0. The van der Waals surface area contributed by atoms with Gasteiger partial charge in [0, 0.05) is 10.8 Å². The van der Waals surface area contributed by atoms with Gasteiger partial charge in [0.15, 0.2) is 0 Å². The molecule has 0 N–H and O–H groups in total. The van der Waals surface area contributed by atoms with Crippen LogP contribution in [0.5, 0.6) is 0 Å². The Balaban J connectivity index is 3.45. The van der Waals surface area contributed by atoms with Gasteiger partial charge in [-0.2, -0.15) is 0 Å². The number of esters is 2. The van der Waals surface area contributed by atoms with Gasteiger partial charge in [-0.25, -0.2) is 9.59 Å². The van der Waals surface area contributed by atoms with Gasteiger partial charge in [0.25, 0.3) is 0 Å². The lowest BCUT2D eigenvalue weighted by molar-refractivity contribution is -0.0383. The van der Waals surface area contributed by atoms with Gasteiger partial charge in [-0.1, -0.05) is 145 Å². The highest BCUT2D eigenvalue weighted by molar-refractivity contribution is 6.03. The van der Waals surface area contributed by atoms with Crippen LogP contribution in [0.25, 0.3) is 0 Å². The molecule has 254 valence electrons. The highest BCUT2D eigenvalue weighted by Crippen LogP contribution is 2.44. The monoisotopic (exact) mass is 615 g/mol. The van der Waals surface area contributed by atoms with Gasteiger partial charge < -0.3 is 9.47 Å². The molecule has 0 aliphatic rings. The molecule has 0 aliphatic carbocycles. The van der Waals surface area contributed by atoms with Crippen molar-refractivity contribution in [1.82, 2.24) is 0 Å². The molecule has 0 saturated carbocycles. The molecule has 0 bridgehead atoms. The van der Waals surface area contributed by atoms with Gasteiger partial charge in [-0.05, 0) is 63.5 Å². The number of rotatable bonds is 26. The van der Waals surface area contributed by atoms with E-state index in [0.717, 1.165) is 128 Å². The Kier molecular flexibility index (Phi) is 20.7. The van der Waals surface area contributed by atoms with Gasteiger partial charge in [0.1, 0.15) is 12.2 Å². The van der Waals surface area contributed by atoms with E-state index >= 15 is 0 Å². The van der Waals surface area contributed by atoms with Crippen molar-refractivity contribution >= 4 is 11.9 Å². The van der Waals surface area contributed by atoms with Crippen molar-refractivity contribution in [3.63, 3.8) is 0 Å². The Morgan fingerprint density at radius 3 is 1.07 bits per heavy atom. The van der Waals surface area contributed by atoms with E-state index in [4.69, 9.17) is 9.47 Å². The highest BCUT2D eigenvalue weighted by Gasteiger charge is 2.41. The second-order valence-corrected chi connectivity index (χ2v) is 13.5. The van der Waals surface area contributed by atoms with Crippen LogP contribution in [0.15, 0.2) is 24.3 Å². The molecule has 4 nitrogen and oxygen atoms in total. The van der Waals surface area contributed by atoms with Crippen LogP contribution in [0, 0.1) is 10.8 Å². The molecule has 0 fully saturated rings. The molecule has 2 atom stereocenters. The number of unbranched alkanes of at least 4 members (excludes halogenated alkanes) is 6. The van der Waals surface area contributed by atoms with Crippen molar-refractivity contribution in [2.75, 3.05) is 0 Å². The zero-order chi connectivity index (χ0) is 32.8. The Bertz CT molecular complexity index is 817. The van der Waals surface area contributed by atoms with E-state index in [1.807, 2.05) is 12.1 Å². The molecule has 44 heavy (non-hydrogen) atoms. The summed E-state index contributed by atoms with van der Waals surface area (Å²) in [6.45, 7) is 17.9. The van der Waals surface area contributed by atoms with Gasteiger partial charge in [-0.3, -0.25) is 0 Å². The Hall–Kier alpha value is -1.84. The minimum atomic E-state index is -0.381. The van der Waals surface area contributed by atoms with Gasteiger partial charge in [0.05, 0.1) is 11.1 Å². The fraction of sp³-hybridized carbons (Fsp3) is 0.800. The molecule has 1 aromatic carbocycles. The van der Waals surface area contributed by atoms with Crippen LogP contribution in [0.1, 0.15) is 205 Å². The summed E-state index contributed by atoms with van der Waals surface area (Å²) in [6.07, 6.45) is 20.9. The number of ether oxygens (including phenoxy) is 2. The smallest absolute Gasteiger partial charge is 0.339 e. The lowest BCUT2D eigenvalue weighted by Gasteiger charge is -2.41. The standard InChI is InChI=1S/C40H70O4/c1-9-17-27-35(39(15-7,29-19-11-3)30-20-12-4)43-37(41)33-25-23-24-26-34(33)38(42)44-36(28-18-10-2)40(16-8,31-21-13-5)32-22-14-6/h23-26,35-36H,9-22,27-32H2,1-8H3.